The number of rotatable bonds is 9. The number of carbonyl (C=O) groups is 1. The molecule has 0 spiro atoms. The zero-order valence-corrected chi connectivity index (χ0v) is 12.7. The highest BCUT2D eigenvalue weighted by molar-refractivity contribution is 6.40. The fourth-order valence-electron chi connectivity index (χ4n) is 1.67. The van der Waals surface area contributed by atoms with E-state index in [0.29, 0.717) is 13.2 Å². The third-order valence-electron chi connectivity index (χ3n) is 2.40. The van der Waals surface area contributed by atoms with Crippen molar-refractivity contribution >= 4 is 15.5 Å². The van der Waals surface area contributed by atoms with Gasteiger partial charge in [-0.15, -0.1) is 0 Å². The van der Waals surface area contributed by atoms with Crippen LogP contribution in [0.25, 0.3) is 0 Å². The predicted molar refractivity (Wildman–Crippen MR) is 70.6 cm³/mol. The van der Waals surface area contributed by atoms with E-state index in [1.54, 1.807) is 0 Å². The van der Waals surface area contributed by atoms with Crippen LogP contribution in [0.15, 0.2) is 12.7 Å². The van der Waals surface area contributed by atoms with Crippen molar-refractivity contribution in [2.24, 2.45) is 0 Å². The Morgan fingerprint density at radius 3 is 2.24 bits per heavy atom. The number of carbonyl (C=O) groups excluding carboxylic acids is 1. The third-order valence-corrected chi connectivity index (χ3v) is 4.75. The van der Waals surface area contributed by atoms with E-state index in [-0.39, 0.29) is 11.7 Å². The van der Waals surface area contributed by atoms with E-state index in [1.165, 1.54) is 6.08 Å². The molecule has 0 radical (unpaired) electrons. The Morgan fingerprint density at radius 2 is 1.88 bits per heavy atom. The summed E-state index contributed by atoms with van der Waals surface area (Å²) >= 11 is 0. The van der Waals surface area contributed by atoms with Crippen molar-refractivity contribution < 1.29 is 19.0 Å². The minimum absolute atomic E-state index is 0.0800. The van der Waals surface area contributed by atoms with E-state index in [0.717, 1.165) is 6.42 Å². The zero-order valence-electron chi connectivity index (χ0n) is 11.3. The lowest BCUT2D eigenvalue weighted by Gasteiger charge is -2.31. The van der Waals surface area contributed by atoms with Crippen LogP contribution in [-0.4, -0.2) is 39.8 Å². The van der Waals surface area contributed by atoms with Gasteiger partial charge in [-0.25, -0.2) is 4.79 Å². The van der Waals surface area contributed by atoms with Crippen molar-refractivity contribution in [2.75, 3.05) is 13.2 Å². The largest absolute Gasteiger partial charge is 0.464 e. The predicted octanol–water partition coefficient (Wildman–Crippen LogP) is 1.37. The minimum Gasteiger partial charge on any atom is -0.464 e. The van der Waals surface area contributed by atoms with Gasteiger partial charge in [-0.05, 0) is 27.2 Å². The van der Waals surface area contributed by atoms with Gasteiger partial charge in [0.1, 0.15) is 14.9 Å². The Hall–Kier alpha value is -0.653. The summed E-state index contributed by atoms with van der Waals surface area (Å²) in [6, 6.07) is 0. The SMILES string of the molecule is C=CC(=O)OC(CC)[SiH2]C(C)(OCC)OCC. The first-order valence-electron chi connectivity index (χ1n) is 6.12. The molecule has 17 heavy (non-hydrogen) atoms. The van der Waals surface area contributed by atoms with Crippen LogP contribution >= 0.6 is 0 Å². The molecule has 5 heteroatoms. The van der Waals surface area contributed by atoms with E-state index in [9.17, 15) is 4.79 Å². The summed E-state index contributed by atoms with van der Waals surface area (Å²) < 4.78 is 16.6. The normalized spacial score (nSPS) is 13.9. The molecule has 0 aliphatic rings. The van der Waals surface area contributed by atoms with Gasteiger partial charge in [-0.2, -0.15) is 0 Å². The summed E-state index contributed by atoms with van der Waals surface area (Å²) in [5.74, 6) is -0.375. The van der Waals surface area contributed by atoms with Gasteiger partial charge in [0.25, 0.3) is 0 Å². The summed E-state index contributed by atoms with van der Waals surface area (Å²) in [7, 11) is -0.867. The first-order chi connectivity index (χ1) is 8.01. The van der Waals surface area contributed by atoms with Gasteiger partial charge in [-0.3, -0.25) is 0 Å². The Balaban J connectivity index is 4.47. The summed E-state index contributed by atoms with van der Waals surface area (Å²) in [5.41, 5.74) is -0.644. The summed E-state index contributed by atoms with van der Waals surface area (Å²) in [5, 5.41) is 0. The molecule has 0 amide bonds. The molecule has 1 atom stereocenters. The first-order valence-corrected chi connectivity index (χ1v) is 7.64. The molecule has 0 bridgehead atoms. The van der Waals surface area contributed by atoms with Gasteiger partial charge in [0.15, 0.2) is 0 Å². The molecule has 100 valence electrons. The highest BCUT2D eigenvalue weighted by Crippen LogP contribution is 2.15. The molecule has 0 aromatic heterocycles. The van der Waals surface area contributed by atoms with Crippen LogP contribution in [0.5, 0.6) is 0 Å². The second kappa shape index (κ2) is 8.44. The Kier molecular flexibility index (Phi) is 8.12. The van der Waals surface area contributed by atoms with Crippen molar-refractivity contribution in [3.63, 3.8) is 0 Å². The Bertz CT molecular complexity index is 237. The minimum atomic E-state index is -0.867. The average Bonchev–Trinajstić information content (AvgIpc) is 2.28. The topological polar surface area (TPSA) is 44.8 Å². The number of esters is 1. The molecule has 0 fully saturated rings. The molecular weight excluding hydrogens is 236 g/mol. The van der Waals surface area contributed by atoms with E-state index in [2.05, 4.69) is 6.58 Å². The Morgan fingerprint density at radius 1 is 1.35 bits per heavy atom. The zero-order chi connectivity index (χ0) is 13.3. The number of hydrogen-bond acceptors (Lipinski definition) is 4. The molecule has 0 rings (SSSR count). The number of hydrogen-bond donors (Lipinski definition) is 0. The highest BCUT2D eigenvalue weighted by atomic mass is 28.2. The maximum Gasteiger partial charge on any atom is 0.330 e. The second-order valence-corrected chi connectivity index (χ2v) is 6.48. The molecule has 0 aromatic carbocycles. The smallest absolute Gasteiger partial charge is 0.330 e. The van der Waals surface area contributed by atoms with Crippen molar-refractivity contribution in [1.29, 1.82) is 0 Å². The molecule has 1 unspecified atom stereocenters. The van der Waals surface area contributed by atoms with Gasteiger partial charge < -0.3 is 14.2 Å². The molecule has 0 saturated carbocycles. The van der Waals surface area contributed by atoms with E-state index in [4.69, 9.17) is 14.2 Å². The molecule has 0 N–H and O–H groups in total. The fourth-order valence-corrected chi connectivity index (χ4v) is 3.67. The molecule has 0 aliphatic carbocycles. The van der Waals surface area contributed by atoms with Crippen LogP contribution in [0.2, 0.25) is 0 Å². The van der Waals surface area contributed by atoms with Gasteiger partial charge >= 0.3 is 5.97 Å². The molecule has 0 heterocycles. The average molecular weight is 260 g/mol. The van der Waals surface area contributed by atoms with Crippen LogP contribution < -0.4 is 0 Å². The highest BCUT2D eigenvalue weighted by Gasteiger charge is 2.30. The van der Waals surface area contributed by atoms with Gasteiger partial charge in [0, 0.05) is 19.3 Å². The maximum atomic E-state index is 11.2. The van der Waals surface area contributed by atoms with Crippen LogP contribution in [-0.2, 0) is 19.0 Å². The van der Waals surface area contributed by atoms with Crippen LogP contribution in [0.3, 0.4) is 0 Å². The van der Waals surface area contributed by atoms with Crippen LogP contribution in [0.1, 0.15) is 34.1 Å². The van der Waals surface area contributed by atoms with E-state index >= 15 is 0 Å². The maximum absolute atomic E-state index is 11.2. The Labute approximate surface area is 106 Å². The summed E-state index contributed by atoms with van der Waals surface area (Å²) in [4.78, 5) is 11.2. The van der Waals surface area contributed by atoms with Gasteiger partial charge in [0.2, 0.25) is 0 Å². The van der Waals surface area contributed by atoms with Gasteiger partial charge in [-0.1, -0.05) is 13.5 Å². The van der Waals surface area contributed by atoms with Crippen molar-refractivity contribution in [1.82, 2.24) is 0 Å². The molecule has 0 saturated heterocycles. The fraction of sp³-hybridized carbons (Fsp3) is 0.750. The van der Waals surface area contributed by atoms with Crippen molar-refractivity contribution in [2.45, 2.75) is 45.3 Å². The van der Waals surface area contributed by atoms with E-state index in [1.807, 2.05) is 27.7 Å². The molecular formula is C12H24O4Si. The second-order valence-electron chi connectivity index (χ2n) is 3.88. The first kappa shape index (κ1) is 16.3. The summed E-state index contributed by atoms with van der Waals surface area (Å²) in [6.45, 7) is 12.4. The third kappa shape index (κ3) is 6.60. The lowest BCUT2D eigenvalue weighted by Crippen LogP contribution is -2.46. The molecule has 4 nitrogen and oxygen atoms in total. The quantitative estimate of drug-likeness (QED) is 0.272. The van der Waals surface area contributed by atoms with Crippen molar-refractivity contribution in [3.8, 4) is 0 Å². The molecule has 0 aromatic rings. The monoisotopic (exact) mass is 260 g/mol. The lowest BCUT2D eigenvalue weighted by molar-refractivity contribution is -0.166. The van der Waals surface area contributed by atoms with Crippen molar-refractivity contribution in [3.05, 3.63) is 12.7 Å². The number of ether oxygens (including phenoxy) is 3. The lowest BCUT2D eigenvalue weighted by atomic mass is 10.5. The molecule has 0 aliphatic heterocycles. The van der Waals surface area contributed by atoms with E-state index < -0.39 is 14.9 Å². The van der Waals surface area contributed by atoms with Gasteiger partial charge in [0.05, 0.1) is 5.73 Å². The standard InChI is InChI=1S/C12H24O4Si/c1-6-10(13)16-11(7-2)17-12(5,14-8-3)15-9-4/h6,11H,1,7-9,17H2,2-5H3. The van der Waals surface area contributed by atoms with Crippen LogP contribution in [0.4, 0.5) is 0 Å². The van der Waals surface area contributed by atoms with Crippen LogP contribution in [0, 0.1) is 0 Å². The summed E-state index contributed by atoms with van der Waals surface area (Å²) in [6.07, 6.45) is 1.97.